The first-order valence-electron chi connectivity index (χ1n) is 14.0. The van der Waals surface area contributed by atoms with Crippen LogP contribution in [0.2, 0.25) is 0 Å². The smallest absolute Gasteiger partial charge is 0.233 e. The molecule has 2 unspecified atom stereocenters. The highest BCUT2D eigenvalue weighted by atomic mass is 32.1. The van der Waals surface area contributed by atoms with Gasteiger partial charge >= 0.3 is 0 Å². The second-order valence-electron chi connectivity index (χ2n) is 12.1. The highest BCUT2D eigenvalue weighted by Gasteiger charge is 2.73. The molecule has 1 aromatic carbocycles. The average molecular weight is 507 g/mol. The Morgan fingerprint density at radius 2 is 1.56 bits per heavy atom. The Kier molecular flexibility index (Phi) is 5.03. The minimum absolute atomic E-state index is 0.0804. The second-order valence-corrected chi connectivity index (χ2v) is 12.9. The highest BCUT2D eigenvalue weighted by molar-refractivity contribution is 7.13. The first-order chi connectivity index (χ1) is 17.7. The molecule has 8 heteroatoms. The minimum Gasteiger partial charge on any atom is -0.369 e. The summed E-state index contributed by atoms with van der Waals surface area (Å²) in [4.78, 5) is 33.5. The molecule has 3 aliphatic heterocycles. The summed E-state index contributed by atoms with van der Waals surface area (Å²) in [6.45, 7) is 5.84. The van der Waals surface area contributed by atoms with Crippen LogP contribution in [0.1, 0.15) is 32.1 Å². The Balaban J connectivity index is 0.916. The zero-order chi connectivity index (χ0) is 24.0. The predicted octanol–water partition coefficient (Wildman–Crippen LogP) is 3.24. The van der Waals surface area contributed by atoms with Gasteiger partial charge in [0, 0.05) is 56.5 Å². The number of rotatable bonds is 5. The molecular formula is C28H34N4O3S. The lowest BCUT2D eigenvalue weighted by atomic mass is 9.78. The molecule has 2 bridgehead atoms. The Bertz CT molecular complexity index is 1180. The number of likely N-dealkylation sites (tertiary alicyclic amines) is 1. The molecule has 190 valence electrons. The molecule has 0 N–H and O–H groups in total. The van der Waals surface area contributed by atoms with Crippen molar-refractivity contribution in [1.82, 2.24) is 14.2 Å². The standard InChI is InChI=1S/C28H34N4O3S/c33-27-22-19-13-20(25-24(19)35-25)23(22)28(34)32(27)15-17-6-2-1-5-16(17)14-30-9-11-31(12-10-30)26-18-7-3-4-8-21(18)36-29-26/h3-4,7-8,16-17,19-20,22-25H,1-2,5-6,9-15H2/t16-,17-,19-,20+,22+,23-,24?,25?/m0/s1. The van der Waals surface area contributed by atoms with Crippen LogP contribution in [0.25, 0.3) is 10.1 Å². The monoisotopic (exact) mass is 506 g/mol. The molecule has 36 heavy (non-hydrogen) atoms. The van der Waals surface area contributed by atoms with Crippen LogP contribution in [-0.4, -0.2) is 77.5 Å². The van der Waals surface area contributed by atoms with Crippen molar-refractivity contribution in [1.29, 1.82) is 0 Å². The van der Waals surface area contributed by atoms with E-state index in [1.54, 1.807) is 16.4 Å². The molecule has 0 spiro atoms. The SMILES string of the molecule is O=C1[C@@H]2[C@H](C(=O)N1C[C@@H]1CCCC[C@H]1CN1CCN(c3nsc4ccccc34)CC1)[C@@H]1C[C@H]2C2OC21. The van der Waals surface area contributed by atoms with Crippen molar-refractivity contribution in [3.05, 3.63) is 24.3 Å². The molecule has 6 fully saturated rings. The van der Waals surface area contributed by atoms with Gasteiger partial charge in [0.25, 0.3) is 0 Å². The number of hydrogen-bond donors (Lipinski definition) is 0. The molecule has 3 aliphatic carbocycles. The Labute approximate surface area is 215 Å². The lowest BCUT2D eigenvalue weighted by Gasteiger charge is -2.40. The number of benzene rings is 1. The Morgan fingerprint density at radius 3 is 2.28 bits per heavy atom. The molecule has 2 amide bonds. The summed E-state index contributed by atoms with van der Waals surface area (Å²) in [6.07, 6.45) is 6.43. The fraction of sp³-hybridized carbons (Fsp3) is 0.679. The number of ether oxygens (including phenoxy) is 1. The van der Waals surface area contributed by atoms with Crippen LogP contribution in [0, 0.1) is 35.5 Å². The summed E-state index contributed by atoms with van der Waals surface area (Å²) in [5.74, 6) is 2.85. The van der Waals surface area contributed by atoms with Gasteiger partial charge in [0.05, 0.1) is 28.7 Å². The largest absolute Gasteiger partial charge is 0.369 e. The van der Waals surface area contributed by atoms with E-state index < -0.39 is 0 Å². The maximum atomic E-state index is 13.4. The first-order valence-corrected chi connectivity index (χ1v) is 14.8. The molecule has 7 nitrogen and oxygen atoms in total. The Morgan fingerprint density at radius 1 is 0.889 bits per heavy atom. The summed E-state index contributed by atoms with van der Waals surface area (Å²) >= 11 is 1.59. The quantitative estimate of drug-likeness (QED) is 0.458. The molecule has 8 rings (SSSR count). The highest BCUT2D eigenvalue weighted by Crippen LogP contribution is 2.64. The molecule has 3 saturated carbocycles. The van der Waals surface area contributed by atoms with Crippen molar-refractivity contribution < 1.29 is 14.3 Å². The fourth-order valence-electron chi connectivity index (χ4n) is 8.54. The van der Waals surface area contributed by atoms with Gasteiger partial charge in [-0.05, 0) is 54.8 Å². The van der Waals surface area contributed by atoms with Crippen LogP contribution in [0.5, 0.6) is 0 Å². The van der Waals surface area contributed by atoms with E-state index in [9.17, 15) is 9.59 Å². The van der Waals surface area contributed by atoms with Gasteiger partial charge in [-0.1, -0.05) is 25.0 Å². The number of epoxide rings is 1. The molecule has 3 saturated heterocycles. The van der Waals surface area contributed by atoms with Gasteiger partial charge in [0.15, 0.2) is 0 Å². The number of hydrogen-bond acceptors (Lipinski definition) is 7. The number of nitrogens with zero attached hydrogens (tertiary/aromatic N) is 4. The van der Waals surface area contributed by atoms with Crippen LogP contribution < -0.4 is 4.90 Å². The average Bonchev–Trinajstić information content (AvgIpc) is 3.18. The molecular weight excluding hydrogens is 472 g/mol. The third-order valence-electron chi connectivity index (χ3n) is 10.4. The minimum atomic E-state index is -0.0804. The van der Waals surface area contributed by atoms with Crippen LogP contribution in [-0.2, 0) is 14.3 Å². The molecule has 0 radical (unpaired) electrons. The maximum absolute atomic E-state index is 13.4. The third-order valence-corrected chi connectivity index (χ3v) is 11.2. The third kappa shape index (κ3) is 3.26. The van der Waals surface area contributed by atoms with E-state index in [1.165, 1.54) is 29.3 Å². The second kappa shape index (κ2) is 8.23. The van der Waals surface area contributed by atoms with E-state index in [0.717, 1.165) is 51.4 Å². The van der Waals surface area contributed by atoms with Crippen molar-refractivity contribution in [3.63, 3.8) is 0 Å². The summed E-state index contributed by atoms with van der Waals surface area (Å²) in [5.41, 5.74) is 0. The van der Waals surface area contributed by atoms with Gasteiger partial charge in [-0.2, -0.15) is 4.37 Å². The summed E-state index contributed by atoms with van der Waals surface area (Å²) < 4.78 is 11.8. The van der Waals surface area contributed by atoms with Gasteiger partial charge in [0.2, 0.25) is 11.8 Å². The lowest BCUT2D eigenvalue weighted by Crippen LogP contribution is -2.49. The van der Waals surface area contributed by atoms with E-state index >= 15 is 0 Å². The van der Waals surface area contributed by atoms with Crippen LogP contribution in [0.3, 0.4) is 0 Å². The van der Waals surface area contributed by atoms with Gasteiger partial charge in [0.1, 0.15) is 5.82 Å². The normalized spacial score (nSPS) is 39.8. The van der Waals surface area contributed by atoms with E-state index in [2.05, 4.69) is 34.1 Å². The zero-order valence-electron chi connectivity index (χ0n) is 20.6. The van der Waals surface area contributed by atoms with E-state index in [-0.39, 0.29) is 35.9 Å². The van der Waals surface area contributed by atoms with Gasteiger partial charge < -0.3 is 9.64 Å². The lowest BCUT2D eigenvalue weighted by molar-refractivity contribution is -0.142. The number of imide groups is 1. The Hall–Kier alpha value is -2.03. The van der Waals surface area contributed by atoms with Crippen molar-refractivity contribution in [2.24, 2.45) is 35.5 Å². The van der Waals surface area contributed by atoms with Crippen LogP contribution in [0.15, 0.2) is 24.3 Å². The summed E-state index contributed by atoms with van der Waals surface area (Å²) in [7, 11) is 0. The number of piperazine rings is 1. The van der Waals surface area contributed by atoms with E-state index in [1.807, 2.05) is 0 Å². The first kappa shape index (κ1) is 22.0. The topological polar surface area (TPSA) is 69.3 Å². The van der Waals surface area contributed by atoms with Crippen molar-refractivity contribution >= 4 is 39.3 Å². The van der Waals surface area contributed by atoms with Gasteiger partial charge in [-0.25, -0.2) is 0 Å². The van der Waals surface area contributed by atoms with Crippen molar-refractivity contribution in [3.8, 4) is 0 Å². The fourth-order valence-corrected chi connectivity index (χ4v) is 9.33. The zero-order valence-corrected chi connectivity index (χ0v) is 21.4. The van der Waals surface area contributed by atoms with Crippen LogP contribution in [0.4, 0.5) is 5.82 Å². The number of carbonyl (C=O) groups is 2. The van der Waals surface area contributed by atoms with Crippen molar-refractivity contribution in [2.45, 2.75) is 44.3 Å². The molecule has 2 aromatic rings. The van der Waals surface area contributed by atoms with Crippen molar-refractivity contribution in [2.75, 3.05) is 44.2 Å². The van der Waals surface area contributed by atoms with Crippen LogP contribution >= 0.6 is 11.5 Å². The van der Waals surface area contributed by atoms with E-state index in [4.69, 9.17) is 9.11 Å². The maximum Gasteiger partial charge on any atom is 0.233 e. The van der Waals surface area contributed by atoms with Gasteiger partial charge in [-0.3, -0.25) is 19.4 Å². The number of carbonyl (C=O) groups excluding carboxylic acids is 2. The molecule has 4 heterocycles. The molecule has 1 aromatic heterocycles. The number of amides is 2. The molecule has 8 atom stereocenters. The van der Waals surface area contributed by atoms with Gasteiger partial charge in [-0.15, -0.1) is 0 Å². The van der Waals surface area contributed by atoms with E-state index in [0.29, 0.717) is 30.2 Å². The number of fused-ring (bicyclic) bond motifs is 9. The predicted molar refractivity (Wildman–Crippen MR) is 138 cm³/mol. The number of aromatic nitrogens is 1. The number of anilines is 1. The summed E-state index contributed by atoms with van der Waals surface area (Å²) in [6, 6.07) is 8.52. The molecule has 6 aliphatic rings. The summed E-state index contributed by atoms with van der Waals surface area (Å²) in [5, 5.41) is 1.27.